The minimum Gasteiger partial charge on any atom is -0.450 e. The van der Waals surface area contributed by atoms with Gasteiger partial charge in [0.2, 0.25) is 5.78 Å². The van der Waals surface area contributed by atoms with Gasteiger partial charge in [-0.2, -0.15) is 0 Å². The number of hydrogen-bond acceptors (Lipinski definition) is 4. The van der Waals surface area contributed by atoms with Gasteiger partial charge in [-0.25, -0.2) is 4.79 Å². The number of benzene rings is 1. The largest absolute Gasteiger partial charge is 0.450 e. The zero-order chi connectivity index (χ0) is 13.0. The highest BCUT2D eigenvalue weighted by Crippen LogP contribution is 2.13. The summed E-state index contributed by atoms with van der Waals surface area (Å²) in [6, 6.07) is 12.2. The average molecular weight is 260 g/mol. The molecule has 2 rings (SSSR count). The molecule has 0 amide bonds. The highest BCUT2D eigenvalue weighted by atomic mass is 32.1. The Labute approximate surface area is 109 Å². The molecule has 0 spiro atoms. The molecule has 0 radical (unpaired) electrons. The normalized spacial score (nSPS) is 11.8. The first kappa shape index (κ1) is 12.5. The summed E-state index contributed by atoms with van der Waals surface area (Å²) < 4.78 is 5.13. The molecule has 3 nitrogen and oxygen atoms in total. The number of hydrogen-bond donors (Lipinski definition) is 0. The zero-order valence-corrected chi connectivity index (χ0v) is 10.6. The molecule has 0 saturated carbocycles. The lowest BCUT2D eigenvalue weighted by atomic mass is 10.1. The van der Waals surface area contributed by atoms with E-state index in [9.17, 15) is 9.59 Å². The Bertz CT molecular complexity index is 531. The van der Waals surface area contributed by atoms with Crippen LogP contribution < -0.4 is 0 Å². The van der Waals surface area contributed by atoms with Crippen molar-refractivity contribution in [2.45, 2.75) is 13.0 Å². The summed E-state index contributed by atoms with van der Waals surface area (Å²) in [5.41, 5.74) is 0.545. The van der Waals surface area contributed by atoms with E-state index in [4.69, 9.17) is 4.74 Å². The van der Waals surface area contributed by atoms with Crippen LogP contribution in [0.1, 0.15) is 27.0 Å². The second-order valence-electron chi connectivity index (χ2n) is 3.76. The van der Waals surface area contributed by atoms with Gasteiger partial charge in [0, 0.05) is 5.56 Å². The molecule has 0 saturated heterocycles. The molecule has 18 heavy (non-hydrogen) atoms. The van der Waals surface area contributed by atoms with Crippen molar-refractivity contribution in [1.29, 1.82) is 0 Å². The number of rotatable bonds is 4. The second-order valence-corrected chi connectivity index (χ2v) is 4.70. The molecule has 0 N–H and O–H groups in total. The summed E-state index contributed by atoms with van der Waals surface area (Å²) in [6.07, 6.45) is -0.776. The molecule has 2 aromatic rings. The van der Waals surface area contributed by atoms with Gasteiger partial charge in [-0.05, 0) is 18.4 Å². The Kier molecular flexibility index (Phi) is 3.89. The zero-order valence-electron chi connectivity index (χ0n) is 9.83. The molecule has 92 valence electrons. The van der Waals surface area contributed by atoms with Crippen LogP contribution in [0, 0.1) is 0 Å². The van der Waals surface area contributed by atoms with Gasteiger partial charge in [-0.15, -0.1) is 11.3 Å². The van der Waals surface area contributed by atoms with E-state index in [2.05, 4.69) is 0 Å². The van der Waals surface area contributed by atoms with Crippen LogP contribution in [0.4, 0.5) is 0 Å². The highest BCUT2D eigenvalue weighted by molar-refractivity contribution is 7.11. The van der Waals surface area contributed by atoms with E-state index in [0.29, 0.717) is 10.4 Å². The fraction of sp³-hybridized carbons (Fsp3) is 0.143. The minimum absolute atomic E-state index is 0.194. The van der Waals surface area contributed by atoms with Crippen LogP contribution >= 0.6 is 11.3 Å². The van der Waals surface area contributed by atoms with Gasteiger partial charge in [0.25, 0.3) is 0 Å². The molecule has 0 fully saturated rings. The Hall–Kier alpha value is -1.94. The first-order valence-electron chi connectivity index (χ1n) is 5.52. The molecule has 0 aliphatic rings. The third kappa shape index (κ3) is 2.84. The molecule has 4 heteroatoms. The topological polar surface area (TPSA) is 43.4 Å². The monoisotopic (exact) mass is 260 g/mol. The van der Waals surface area contributed by atoms with Crippen molar-refractivity contribution in [3.63, 3.8) is 0 Å². The van der Waals surface area contributed by atoms with E-state index < -0.39 is 12.1 Å². The van der Waals surface area contributed by atoms with Crippen LogP contribution in [-0.4, -0.2) is 17.9 Å². The summed E-state index contributed by atoms with van der Waals surface area (Å²) in [5.74, 6) is -0.651. The summed E-state index contributed by atoms with van der Waals surface area (Å²) in [7, 11) is 0. The first-order valence-corrected chi connectivity index (χ1v) is 6.40. The van der Waals surface area contributed by atoms with Crippen molar-refractivity contribution >= 4 is 23.1 Å². The lowest BCUT2D eigenvalue weighted by Crippen LogP contribution is -2.24. The number of Topliss-reactive ketones (excluding diaryl/α,β-unsaturated/α-hetero) is 1. The van der Waals surface area contributed by atoms with Crippen molar-refractivity contribution in [2.24, 2.45) is 0 Å². The van der Waals surface area contributed by atoms with E-state index >= 15 is 0 Å². The Balaban J connectivity index is 2.02. The van der Waals surface area contributed by atoms with Gasteiger partial charge < -0.3 is 4.74 Å². The maximum absolute atomic E-state index is 12.0. The predicted octanol–water partition coefficient (Wildman–Crippen LogP) is 3.18. The Morgan fingerprint density at radius 3 is 2.44 bits per heavy atom. The van der Waals surface area contributed by atoms with Gasteiger partial charge in [0.05, 0.1) is 0 Å². The van der Waals surface area contributed by atoms with Crippen molar-refractivity contribution in [1.82, 2.24) is 0 Å². The maximum Gasteiger partial charge on any atom is 0.349 e. The van der Waals surface area contributed by atoms with Crippen molar-refractivity contribution in [2.75, 3.05) is 0 Å². The minimum atomic E-state index is -0.776. The highest BCUT2D eigenvalue weighted by Gasteiger charge is 2.20. The van der Waals surface area contributed by atoms with Crippen LogP contribution in [0.5, 0.6) is 0 Å². The van der Waals surface area contributed by atoms with Gasteiger partial charge in [0.15, 0.2) is 6.10 Å². The molecule has 0 aliphatic heterocycles. The molecular weight excluding hydrogens is 248 g/mol. The summed E-state index contributed by atoms with van der Waals surface area (Å²) in [6.45, 7) is 1.58. The van der Waals surface area contributed by atoms with Crippen LogP contribution in [0.3, 0.4) is 0 Å². The second kappa shape index (κ2) is 5.60. The molecular formula is C14H12O3S. The number of carbonyl (C=O) groups excluding carboxylic acids is 2. The van der Waals surface area contributed by atoms with Crippen molar-refractivity contribution in [3.05, 3.63) is 58.3 Å². The van der Waals surface area contributed by atoms with Gasteiger partial charge >= 0.3 is 5.97 Å². The van der Waals surface area contributed by atoms with E-state index in [1.807, 2.05) is 6.07 Å². The Morgan fingerprint density at radius 1 is 1.11 bits per heavy atom. The summed E-state index contributed by atoms with van der Waals surface area (Å²) in [4.78, 5) is 24.2. The van der Waals surface area contributed by atoms with Crippen LogP contribution in [0.15, 0.2) is 47.8 Å². The average Bonchev–Trinajstić information content (AvgIpc) is 2.92. The SMILES string of the molecule is C[C@H](OC(=O)c1cccs1)C(=O)c1ccccc1. The summed E-state index contributed by atoms with van der Waals surface area (Å²) in [5, 5.41) is 1.79. The maximum atomic E-state index is 12.0. The van der Waals surface area contributed by atoms with E-state index in [-0.39, 0.29) is 5.78 Å². The number of thiophene rings is 1. The quantitative estimate of drug-likeness (QED) is 0.626. The number of ketones is 1. The first-order chi connectivity index (χ1) is 8.68. The molecule has 1 aromatic heterocycles. The van der Waals surface area contributed by atoms with Gasteiger partial charge in [-0.3, -0.25) is 4.79 Å². The molecule has 1 heterocycles. The lowest BCUT2D eigenvalue weighted by molar-refractivity contribution is 0.0323. The standard InChI is InChI=1S/C14H12O3S/c1-10(13(15)11-6-3-2-4-7-11)17-14(16)12-8-5-9-18-12/h2-10H,1H3/t10-/m0/s1. The fourth-order valence-corrected chi connectivity index (χ4v) is 2.11. The Morgan fingerprint density at radius 2 is 1.83 bits per heavy atom. The molecule has 0 aliphatic carbocycles. The van der Waals surface area contributed by atoms with Crippen molar-refractivity contribution in [3.8, 4) is 0 Å². The fourth-order valence-electron chi connectivity index (χ4n) is 1.50. The van der Waals surface area contributed by atoms with Crippen LogP contribution in [0.2, 0.25) is 0 Å². The smallest absolute Gasteiger partial charge is 0.349 e. The van der Waals surface area contributed by atoms with E-state index in [0.717, 1.165) is 0 Å². The van der Waals surface area contributed by atoms with Gasteiger partial charge in [0.1, 0.15) is 4.88 Å². The number of ether oxygens (including phenoxy) is 1. The van der Waals surface area contributed by atoms with Gasteiger partial charge in [-0.1, -0.05) is 36.4 Å². The van der Waals surface area contributed by atoms with Crippen molar-refractivity contribution < 1.29 is 14.3 Å². The lowest BCUT2D eigenvalue weighted by Gasteiger charge is -2.11. The predicted molar refractivity (Wildman–Crippen MR) is 70.0 cm³/mol. The number of esters is 1. The third-order valence-corrected chi connectivity index (χ3v) is 3.28. The van der Waals surface area contributed by atoms with E-state index in [1.165, 1.54) is 11.3 Å². The third-order valence-electron chi connectivity index (χ3n) is 2.43. The summed E-state index contributed by atoms with van der Waals surface area (Å²) >= 11 is 1.29. The molecule has 0 bridgehead atoms. The number of carbonyl (C=O) groups is 2. The van der Waals surface area contributed by atoms with E-state index in [1.54, 1.807) is 48.7 Å². The molecule has 1 aromatic carbocycles. The van der Waals surface area contributed by atoms with Crippen LogP contribution in [-0.2, 0) is 4.74 Å². The molecule has 1 atom stereocenters. The van der Waals surface area contributed by atoms with Crippen LogP contribution in [0.25, 0.3) is 0 Å². The molecule has 0 unspecified atom stereocenters.